The van der Waals surface area contributed by atoms with Crippen LogP contribution in [0.2, 0.25) is 0 Å². The molecule has 1 rings (SSSR count). The van der Waals surface area contributed by atoms with Gasteiger partial charge in [0.15, 0.2) is 0 Å². The average Bonchev–Trinajstić information content (AvgIpc) is 2.36. The minimum Gasteiger partial charge on any atom is -0.480 e. The zero-order chi connectivity index (χ0) is 13.8. The number of ether oxygens (including phenoxy) is 1. The van der Waals surface area contributed by atoms with Gasteiger partial charge in [-0.1, -0.05) is 39.5 Å². The molecule has 0 aliphatic heterocycles. The highest BCUT2D eigenvalue weighted by atomic mass is 16.5. The van der Waals surface area contributed by atoms with E-state index in [0.29, 0.717) is 6.47 Å². The first kappa shape index (κ1) is 16.9. The first-order valence-electron chi connectivity index (χ1n) is 6.66. The second kappa shape index (κ2) is 11.0. The van der Waals surface area contributed by atoms with Crippen LogP contribution in [0, 0.1) is 0 Å². The number of hydrogen-bond donors (Lipinski definition) is 1. The topological polar surface area (TPSA) is 66.8 Å². The third-order valence-electron chi connectivity index (χ3n) is 2.74. The second-order valence-electron chi connectivity index (χ2n) is 4.53. The summed E-state index contributed by atoms with van der Waals surface area (Å²) in [7, 11) is 0. The maximum absolute atomic E-state index is 10.6. The molecule has 0 heterocycles. The van der Waals surface area contributed by atoms with Crippen molar-refractivity contribution in [2.24, 2.45) is 0 Å². The summed E-state index contributed by atoms with van der Waals surface area (Å²) in [6, 6.07) is 0.245. The van der Waals surface area contributed by atoms with E-state index in [9.17, 15) is 9.59 Å². The highest BCUT2D eigenvalue weighted by Crippen LogP contribution is 2.22. The zero-order valence-electron chi connectivity index (χ0n) is 11.4. The maximum Gasteiger partial charge on any atom is 0.317 e. The van der Waals surface area contributed by atoms with E-state index in [1.165, 1.54) is 12.8 Å². The van der Waals surface area contributed by atoms with E-state index in [2.05, 4.69) is 18.6 Å². The van der Waals surface area contributed by atoms with Gasteiger partial charge in [-0.05, 0) is 12.8 Å². The predicted molar refractivity (Wildman–Crippen MR) is 69.2 cm³/mol. The molecule has 1 aliphatic rings. The maximum atomic E-state index is 10.6. The van der Waals surface area contributed by atoms with Crippen LogP contribution >= 0.6 is 0 Å². The lowest BCUT2D eigenvalue weighted by Crippen LogP contribution is -2.41. The average molecular weight is 259 g/mol. The van der Waals surface area contributed by atoms with E-state index in [-0.39, 0.29) is 19.3 Å². The lowest BCUT2D eigenvalue weighted by Gasteiger charge is -2.31. The molecule has 0 spiro atoms. The summed E-state index contributed by atoms with van der Waals surface area (Å²) in [5.41, 5.74) is 0. The number of carboxylic acid groups (broad SMARTS) is 1. The van der Waals surface area contributed by atoms with Crippen molar-refractivity contribution in [2.75, 3.05) is 13.3 Å². The summed E-state index contributed by atoms with van der Waals surface area (Å²) in [6.07, 6.45) is 6.71. The molecule has 0 saturated heterocycles. The Morgan fingerprint density at radius 3 is 2.33 bits per heavy atom. The van der Waals surface area contributed by atoms with Crippen molar-refractivity contribution < 1.29 is 19.4 Å². The predicted octanol–water partition coefficient (Wildman–Crippen LogP) is 2.25. The quantitative estimate of drug-likeness (QED) is 0.585. The molecule has 18 heavy (non-hydrogen) atoms. The van der Waals surface area contributed by atoms with Crippen LogP contribution in [0.15, 0.2) is 0 Å². The zero-order valence-corrected chi connectivity index (χ0v) is 11.4. The van der Waals surface area contributed by atoms with Crippen molar-refractivity contribution in [3.8, 4) is 0 Å². The van der Waals surface area contributed by atoms with Gasteiger partial charge in [-0.2, -0.15) is 0 Å². The van der Waals surface area contributed by atoms with Crippen LogP contribution < -0.4 is 0 Å². The molecule has 1 N–H and O–H groups in total. The van der Waals surface area contributed by atoms with Crippen molar-refractivity contribution in [2.45, 2.75) is 58.4 Å². The fraction of sp³-hybridized carbons (Fsp3) is 0.846. The van der Waals surface area contributed by atoms with Gasteiger partial charge in [-0.3, -0.25) is 14.5 Å². The molecule has 1 saturated carbocycles. The summed E-state index contributed by atoms with van der Waals surface area (Å²) >= 11 is 0. The molecular formula is C13H25NO4. The van der Waals surface area contributed by atoms with Crippen LogP contribution in [0.3, 0.4) is 0 Å². The number of nitrogens with zero attached hydrogens (tertiary/aromatic N) is 1. The molecule has 0 bridgehead atoms. The minimum atomic E-state index is -0.880. The Labute approximate surface area is 109 Å². The lowest BCUT2D eigenvalue weighted by molar-refractivity contribution is -0.145. The molecule has 0 aromatic rings. The molecule has 5 heteroatoms. The van der Waals surface area contributed by atoms with Crippen LogP contribution in [-0.2, 0) is 14.3 Å². The Bertz CT molecular complexity index is 227. The van der Waals surface area contributed by atoms with Gasteiger partial charge in [0.05, 0.1) is 6.54 Å². The Morgan fingerprint density at radius 2 is 1.89 bits per heavy atom. The second-order valence-corrected chi connectivity index (χ2v) is 4.53. The summed E-state index contributed by atoms with van der Waals surface area (Å²) in [6.45, 7) is 4.64. The van der Waals surface area contributed by atoms with Crippen molar-refractivity contribution in [1.82, 2.24) is 4.90 Å². The summed E-state index contributed by atoms with van der Waals surface area (Å²) in [4.78, 5) is 22.4. The van der Waals surface area contributed by atoms with Gasteiger partial charge in [0.1, 0.15) is 6.73 Å². The number of rotatable bonds is 6. The normalized spacial score (nSPS) is 15.7. The molecule has 0 aromatic heterocycles. The van der Waals surface area contributed by atoms with Crippen LogP contribution in [0.1, 0.15) is 52.4 Å². The van der Waals surface area contributed by atoms with E-state index < -0.39 is 5.97 Å². The molecule has 0 atom stereocenters. The van der Waals surface area contributed by atoms with E-state index in [0.717, 1.165) is 25.7 Å². The van der Waals surface area contributed by atoms with Crippen molar-refractivity contribution in [1.29, 1.82) is 0 Å². The largest absolute Gasteiger partial charge is 0.480 e. The number of carboxylic acids is 1. The van der Waals surface area contributed by atoms with Gasteiger partial charge in [0.2, 0.25) is 0 Å². The molecule has 5 nitrogen and oxygen atoms in total. The summed E-state index contributed by atoms with van der Waals surface area (Å²) < 4.78 is 4.63. The smallest absolute Gasteiger partial charge is 0.317 e. The Morgan fingerprint density at radius 1 is 1.33 bits per heavy atom. The van der Waals surface area contributed by atoms with Gasteiger partial charge >= 0.3 is 5.97 Å². The molecule has 1 aliphatic carbocycles. The molecular weight excluding hydrogens is 234 g/mol. The fourth-order valence-electron chi connectivity index (χ4n) is 2.03. The third-order valence-corrected chi connectivity index (χ3v) is 2.74. The fourth-order valence-corrected chi connectivity index (χ4v) is 2.03. The minimum absolute atomic E-state index is 0.0570. The molecule has 106 valence electrons. The Hall–Kier alpha value is -1.10. The van der Waals surface area contributed by atoms with Gasteiger partial charge < -0.3 is 9.84 Å². The molecule has 1 fully saturated rings. The van der Waals surface area contributed by atoms with Crippen LogP contribution in [-0.4, -0.2) is 41.8 Å². The molecule has 0 amide bonds. The van der Waals surface area contributed by atoms with Crippen molar-refractivity contribution in [3.05, 3.63) is 0 Å². The van der Waals surface area contributed by atoms with Crippen molar-refractivity contribution in [3.63, 3.8) is 0 Å². The van der Waals surface area contributed by atoms with E-state index in [4.69, 9.17) is 5.11 Å². The third kappa shape index (κ3) is 8.06. The molecule has 0 aromatic carbocycles. The summed E-state index contributed by atoms with van der Waals surface area (Å²) in [5, 5.41) is 8.73. The first-order valence-corrected chi connectivity index (χ1v) is 6.66. The number of carbonyl (C=O) groups excluding carboxylic acids is 1. The Balaban J connectivity index is 0.000000873. The van der Waals surface area contributed by atoms with E-state index in [1.807, 2.05) is 0 Å². The Kier molecular flexibility index (Phi) is 10.3. The highest BCUT2D eigenvalue weighted by molar-refractivity contribution is 5.69. The molecule has 0 radical (unpaired) electrons. The first-order chi connectivity index (χ1) is 8.65. The number of aliphatic carboxylic acids is 1. The van der Waals surface area contributed by atoms with Crippen LogP contribution in [0.5, 0.6) is 0 Å². The van der Waals surface area contributed by atoms with E-state index >= 15 is 0 Å². The van der Waals surface area contributed by atoms with Crippen LogP contribution in [0.4, 0.5) is 0 Å². The van der Waals surface area contributed by atoms with Gasteiger partial charge in [0, 0.05) is 6.04 Å². The van der Waals surface area contributed by atoms with Crippen molar-refractivity contribution >= 4 is 12.4 Å². The molecule has 0 unspecified atom stereocenters. The van der Waals surface area contributed by atoms with E-state index in [1.54, 1.807) is 4.90 Å². The van der Waals surface area contributed by atoms with Gasteiger partial charge in [-0.25, -0.2) is 0 Å². The summed E-state index contributed by atoms with van der Waals surface area (Å²) in [5.74, 6) is -0.880. The lowest BCUT2D eigenvalue weighted by atomic mass is 9.94. The highest BCUT2D eigenvalue weighted by Gasteiger charge is 2.22. The van der Waals surface area contributed by atoms with Crippen LogP contribution in [0.25, 0.3) is 0 Å². The number of hydrogen-bond acceptors (Lipinski definition) is 4. The van der Waals surface area contributed by atoms with Gasteiger partial charge in [-0.15, -0.1) is 0 Å². The van der Waals surface area contributed by atoms with Gasteiger partial charge in [0.25, 0.3) is 6.47 Å². The monoisotopic (exact) mass is 259 g/mol. The standard InChI is InChI=1S/C10H17NO4.C3H8/c12-8-15-7-11(6-10(13)14)9-4-2-1-3-5-9;1-3-2/h8-9H,1-7H2,(H,13,14);3H2,1-2H3. The number of carbonyl (C=O) groups is 2. The SMILES string of the molecule is CCC.O=COCN(CC(=O)O)C1CCCCC1.